The molecule has 18 heavy (non-hydrogen) atoms. The average Bonchev–Trinajstić information content (AvgIpc) is 2.20. The minimum absolute atomic E-state index is 0.00672. The van der Waals surface area contributed by atoms with Crippen LogP contribution in [0, 0.1) is 11.8 Å². The molecule has 2 amide bonds. The smallest absolute Gasteiger partial charge is 0.315 e. The van der Waals surface area contributed by atoms with Gasteiger partial charge in [-0.1, -0.05) is 19.8 Å². The number of amides is 2. The molecule has 0 bridgehead atoms. The van der Waals surface area contributed by atoms with Gasteiger partial charge in [0, 0.05) is 19.0 Å². The maximum absolute atomic E-state index is 11.6. The molecule has 1 saturated carbocycles. The Morgan fingerprint density at radius 2 is 2.06 bits per heavy atom. The second-order valence-electron chi connectivity index (χ2n) is 5.21. The van der Waals surface area contributed by atoms with Gasteiger partial charge in [-0.2, -0.15) is 0 Å². The van der Waals surface area contributed by atoms with Crippen LogP contribution in [0.4, 0.5) is 4.79 Å². The molecule has 1 rings (SSSR count). The summed E-state index contributed by atoms with van der Waals surface area (Å²) in [5, 5.41) is 14.4. The normalized spacial score (nSPS) is 18.6. The van der Waals surface area contributed by atoms with Crippen LogP contribution in [-0.4, -0.2) is 29.7 Å². The Balaban J connectivity index is 2.20. The van der Waals surface area contributed by atoms with Crippen molar-refractivity contribution in [2.24, 2.45) is 11.8 Å². The minimum Gasteiger partial charge on any atom is -0.481 e. The molecule has 2 unspecified atom stereocenters. The van der Waals surface area contributed by atoms with Crippen LogP contribution in [0.2, 0.25) is 0 Å². The number of carbonyl (C=O) groups excluding carboxylic acids is 1. The average molecular weight is 256 g/mol. The van der Waals surface area contributed by atoms with Crippen molar-refractivity contribution >= 4 is 12.0 Å². The molecule has 5 heteroatoms. The van der Waals surface area contributed by atoms with Crippen LogP contribution in [-0.2, 0) is 4.79 Å². The summed E-state index contributed by atoms with van der Waals surface area (Å²) in [5.41, 5.74) is 0. The molecule has 104 valence electrons. The molecule has 0 radical (unpaired) electrons. The monoisotopic (exact) mass is 256 g/mol. The molecule has 1 fully saturated rings. The minimum atomic E-state index is -0.813. The Labute approximate surface area is 108 Å². The number of rotatable bonds is 7. The molecule has 1 aliphatic carbocycles. The molecule has 2 atom stereocenters. The quantitative estimate of drug-likeness (QED) is 0.651. The van der Waals surface area contributed by atoms with Crippen LogP contribution in [0.1, 0.15) is 46.0 Å². The van der Waals surface area contributed by atoms with Crippen LogP contribution >= 0.6 is 0 Å². The van der Waals surface area contributed by atoms with E-state index in [1.54, 1.807) is 0 Å². The highest BCUT2D eigenvalue weighted by Crippen LogP contribution is 2.29. The lowest BCUT2D eigenvalue weighted by Gasteiger charge is -2.32. The van der Waals surface area contributed by atoms with Gasteiger partial charge in [-0.15, -0.1) is 0 Å². The summed E-state index contributed by atoms with van der Waals surface area (Å²) in [6, 6.07) is 0.0246. The van der Waals surface area contributed by atoms with Crippen LogP contribution in [0.5, 0.6) is 0 Å². The molecular weight excluding hydrogens is 232 g/mol. The van der Waals surface area contributed by atoms with E-state index in [-0.39, 0.29) is 24.4 Å². The van der Waals surface area contributed by atoms with E-state index in [1.807, 2.05) is 13.8 Å². The summed E-state index contributed by atoms with van der Waals surface area (Å²) in [5.74, 6) is -0.198. The summed E-state index contributed by atoms with van der Waals surface area (Å²) in [7, 11) is 0. The SMILES string of the molecule is CCC(CNC(=O)NC(C)C1CCC1)CC(=O)O. The predicted molar refractivity (Wildman–Crippen MR) is 69.4 cm³/mol. The van der Waals surface area contributed by atoms with Gasteiger partial charge in [-0.05, 0) is 31.6 Å². The Hall–Kier alpha value is -1.26. The van der Waals surface area contributed by atoms with Crippen molar-refractivity contribution in [3.63, 3.8) is 0 Å². The van der Waals surface area contributed by atoms with Gasteiger partial charge in [-0.3, -0.25) is 4.79 Å². The number of carboxylic acids is 1. The second kappa shape index (κ2) is 7.24. The molecular formula is C13H24N2O3. The van der Waals surface area contributed by atoms with Gasteiger partial charge < -0.3 is 15.7 Å². The highest BCUT2D eigenvalue weighted by atomic mass is 16.4. The van der Waals surface area contributed by atoms with E-state index in [2.05, 4.69) is 10.6 Å². The van der Waals surface area contributed by atoms with Crippen LogP contribution in [0.3, 0.4) is 0 Å². The standard InChI is InChI=1S/C13H24N2O3/c1-3-10(7-12(16)17)8-14-13(18)15-9(2)11-5-4-6-11/h9-11H,3-8H2,1-2H3,(H,16,17)(H2,14,15,18). The van der Waals surface area contributed by atoms with Gasteiger partial charge in [0.25, 0.3) is 0 Å². The summed E-state index contributed by atoms with van der Waals surface area (Å²) < 4.78 is 0. The van der Waals surface area contributed by atoms with E-state index < -0.39 is 5.97 Å². The third-order valence-electron chi connectivity index (χ3n) is 3.81. The number of carbonyl (C=O) groups is 2. The molecule has 0 aliphatic heterocycles. The largest absolute Gasteiger partial charge is 0.481 e. The van der Waals surface area contributed by atoms with Gasteiger partial charge in [0.2, 0.25) is 0 Å². The van der Waals surface area contributed by atoms with Crippen molar-refractivity contribution in [1.29, 1.82) is 0 Å². The molecule has 0 saturated heterocycles. The summed E-state index contributed by atoms with van der Waals surface area (Å²) in [4.78, 5) is 22.2. The Bertz CT molecular complexity index is 290. The van der Waals surface area contributed by atoms with Crippen molar-refractivity contribution < 1.29 is 14.7 Å². The second-order valence-corrected chi connectivity index (χ2v) is 5.21. The summed E-state index contributed by atoms with van der Waals surface area (Å²) >= 11 is 0. The Kier molecular flexibility index (Phi) is 5.95. The van der Waals surface area contributed by atoms with Gasteiger partial charge >= 0.3 is 12.0 Å². The van der Waals surface area contributed by atoms with Crippen molar-refractivity contribution in [3.05, 3.63) is 0 Å². The number of aliphatic carboxylic acids is 1. The lowest BCUT2D eigenvalue weighted by molar-refractivity contribution is -0.138. The number of hydrogen-bond acceptors (Lipinski definition) is 2. The first kappa shape index (κ1) is 14.8. The predicted octanol–water partition coefficient (Wildman–Crippen LogP) is 1.98. The molecule has 0 spiro atoms. The number of nitrogens with one attached hydrogen (secondary N) is 2. The van der Waals surface area contributed by atoms with E-state index in [0.717, 1.165) is 6.42 Å². The molecule has 0 aromatic rings. The lowest BCUT2D eigenvalue weighted by atomic mass is 9.80. The van der Waals surface area contributed by atoms with E-state index in [1.165, 1.54) is 19.3 Å². The molecule has 0 aromatic carbocycles. The number of carboxylic acid groups (broad SMARTS) is 1. The van der Waals surface area contributed by atoms with E-state index >= 15 is 0 Å². The third-order valence-corrected chi connectivity index (χ3v) is 3.81. The fourth-order valence-electron chi connectivity index (χ4n) is 2.16. The van der Waals surface area contributed by atoms with Crippen molar-refractivity contribution in [2.75, 3.05) is 6.54 Å². The first-order valence-corrected chi connectivity index (χ1v) is 6.79. The molecule has 0 aromatic heterocycles. The zero-order chi connectivity index (χ0) is 13.5. The molecule has 5 nitrogen and oxygen atoms in total. The molecule has 0 heterocycles. The zero-order valence-electron chi connectivity index (χ0n) is 11.2. The van der Waals surface area contributed by atoms with E-state index in [4.69, 9.17) is 5.11 Å². The van der Waals surface area contributed by atoms with Crippen molar-refractivity contribution in [2.45, 2.75) is 52.0 Å². The van der Waals surface area contributed by atoms with E-state index in [0.29, 0.717) is 12.5 Å². The molecule has 3 N–H and O–H groups in total. The number of hydrogen-bond donors (Lipinski definition) is 3. The topological polar surface area (TPSA) is 78.4 Å². The summed E-state index contributed by atoms with van der Waals surface area (Å²) in [6.45, 7) is 4.38. The lowest BCUT2D eigenvalue weighted by Crippen LogP contribution is -2.46. The maximum Gasteiger partial charge on any atom is 0.315 e. The highest BCUT2D eigenvalue weighted by Gasteiger charge is 2.25. The highest BCUT2D eigenvalue weighted by molar-refractivity contribution is 5.74. The van der Waals surface area contributed by atoms with Crippen molar-refractivity contribution in [1.82, 2.24) is 10.6 Å². The van der Waals surface area contributed by atoms with E-state index in [9.17, 15) is 9.59 Å². The third kappa shape index (κ3) is 4.94. The fraction of sp³-hybridized carbons (Fsp3) is 0.846. The maximum atomic E-state index is 11.6. The number of urea groups is 1. The zero-order valence-corrected chi connectivity index (χ0v) is 11.2. The Morgan fingerprint density at radius 3 is 2.50 bits per heavy atom. The van der Waals surface area contributed by atoms with Gasteiger partial charge in [0.15, 0.2) is 0 Å². The van der Waals surface area contributed by atoms with Crippen molar-refractivity contribution in [3.8, 4) is 0 Å². The van der Waals surface area contributed by atoms with Gasteiger partial charge in [-0.25, -0.2) is 4.79 Å². The first-order chi connectivity index (χ1) is 8.52. The van der Waals surface area contributed by atoms with Crippen LogP contribution in [0.25, 0.3) is 0 Å². The summed E-state index contributed by atoms with van der Waals surface area (Å²) in [6.07, 6.45) is 4.50. The van der Waals surface area contributed by atoms with Gasteiger partial charge in [0.05, 0.1) is 0 Å². The first-order valence-electron chi connectivity index (χ1n) is 6.79. The van der Waals surface area contributed by atoms with Crippen LogP contribution < -0.4 is 10.6 Å². The fourth-order valence-corrected chi connectivity index (χ4v) is 2.16. The molecule has 1 aliphatic rings. The van der Waals surface area contributed by atoms with Gasteiger partial charge in [0.1, 0.15) is 0 Å². The Morgan fingerprint density at radius 1 is 1.39 bits per heavy atom. The van der Waals surface area contributed by atoms with Crippen LogP contribution in [0.15, 0.2) is 0 Å².